The standard InChI is InChI=1S/C40H46N6O2/c1-25-10-16-30(17-11-25)46-37(24-36(44-46)40(3,4)5)43-39(48)42-29-14-12-27(13-15-29)20-28-21-31-18-19-32(22-28)45(31)38(47)23-34-26(2)41-35-9-7-6-8-33(34)35/h6-17,24,28,31-32,41H,18-23H2,1-5H3,(H2,42,43,48). The van der Waals surface area contributed by atoms with Crippen molar-refractivity contribution in [2.45, 2.75) is 90.6 Å². The highest BCUT2D eigenvalue weighted by Gasteiger charge is 2.43. The summed E-state index contributed by atoms with van der Waals surface area (Å²) < 4.78 is 1.79. The van der Waals surface area contributed by atoms with Crippen LogP contribution in [0.5, 0.6) is 0 Å². The van der Waals surface area contributed by atoms with Gasteiger partial charge in [-0.15, -0.1) is 0 Å². The lowest BCUT2D eigenvalue weighted by Crippen LogP contribution is -2.47. The van der Waals surface area contributed by atoms with Crippen molar-refractivity contribution in [3.05, 3.63) is 107 Å². The molecular formula is C40H46N6O2. The summed E-state index contributed by atoms with van der Waals surface area (Å²) in [4.78, 5) is 32.4. The van der Waals surface area contributed by atoms with Crippen molar-refractivity contribution in [1.82, 2.24) is 19.7 Å². The second kappa shape index (κ2) is 12.6. The summed E-state index contributed by atoms with van der Waals surface area (Å²) in [5.41, 5.74) is 8.10. The number of carbonyl (C=O) groups excluding carboxylic acids is 2. The molecule has 0 aliphatic carbocycles. The van der Waals surface area contributed by atoms with Gasteiger partial charge in [-0.1, -0.05) is 68.8 Å². The van der Waals surface area contributed by atoms with Crippen LogP contribution in [0, 0.1) is 19.8 Å². The number of H-pyrrole nitrogens is 1. The number of carbonyl (C=O) groups is 2. The molecule has 2 unspecified atom stereocenters. The monoisotopic (exact) mass is 642 g/mol. The average Bonchev–Trinajstić information content (AvgIpc) is 3.70. The van der Waals surface area contributed by atoms with Gasteiger partial charge in [0.05, 0.1) is 17.8 Å². The Morgan fingerprint density at radius 3 is 2.27 bits per heavy atom. The molecule has 8 nitrogen and oxygen atoms in total. The first-order chi connectivity index (χ1) is 23.0. The van der Waals surface area contributed by atoms with Crippen LogP contribution in [0.1, 0.15) is 74.5 Å². The van der Waals surface area contributed by atoms with Crippen LogP contribution in [-0.2, 0) is 23.1 Å². The Kier molecular flexibility index (Phi) is 8.36. The second-order valence-electron chi connectivity index (χ2n) is 14.9. The molecule has 3 N–H and O–H groups in total. The molecule has 2 aliphatic heterocycles. The molecule has 2 bridgehead atoms. The van der Waals surface area contributed by atoms with Crippen molar-refractivity contribution in [2.75, 3.05) is 10.6 Å². The van der Waals surface area contributed by atoms with Gasteiger partial charge < -0.3 is 15.2 Å². The Hall–Kier alpha value is -4.85. The topological polar surface area (TPSA) is 95.1 Å². The van der Waals surface area contributed by atoms with E-state index in [2.05, 4.69) is 79.4 Å². The van der Waals surface area contributed by atoms with Crippen molar-refractivity contribution in [3.63, 3.8) is 0 Å². The lowest BCUT2D eigenvalue weighted by Gasteiger charge is -2.39. The lowest BCUT2D eigenvalue weighted by molar-refractivity contribution is -0.135. The first-order valence-electron chi connectivity index (χ1n) is 17.2. The summed E-state index contributed by atoms with van der Waals surface area (Å²) in [5, 5.41) is 12.0. The zero-order chi connectivity index (χ0) is 33.6. The van der Waals surface area contributed by atoms with Crippen LogP contribution in [0.2, 0.25) is 0 Å². The van der Waals surface area contributed by atoms with E-state index in [9.17, 15) is 9.59 Å². The first-order valence-corrected chi connectivity index (χ1v) is 17.2. The quantitative estimate of drug-likeness (QED) is 0.166. The second-order valence-corrected chi connectivity index (χ2v) is 14.9. The number of urea groups is 1. The van der Waals surface area contributed by atoms with Crippen molar-refractivity contribution in [1.29, 1.82) is 0 Å². The molecule has 8 heteroatoms. The zero-order valence-corrected chi connectivity index (χ0v) is 28.6. The molecule has 7 rings (SSSR count). The molecule has 48 heavy (non-hydrogen) atoms. The van der Waals surface area contributed by atoms with Gasteiger partial charge in [-0.25, -0.2) is 9.48 Å². The number of amides is 3. The van der Waals surface area contributed by atoms with Gasteiger partial charge in [-0.3, -0.25) is 10.1 Å². The number of aromatic amines is 1. The number of rotatable bonds is 7. The van der Waals surface area contributed by atoms with E-state index in [1.165, 1.54) is 5.56 Å². The smallest absolute Gasteiger partial charge is 0.324 e. The van der Waals surface area contributed by atoms with E-state index in [1.54, 1.807) is 4.68 Å². The molecule has 2 aliphatic rings. The van der Waals surface area contributed by atoms with E-state index in [4.69, 9.17) is 5.10 Å². The Balaban J connectivity index is 0.959. The fourth-order valence-corrected chi connectivity index (χ4v) is 7.72. The Morgan fingerprint density at radius 1 is 0.896 bits per heavy atom. The number of fused-ring (bicyclic) bond motifs is 3. The average molecular weight is 643 g/mol. The number of hydrogen-bond acceptors (Lipinski definition) is 3. The number of benzene rings is 3. The molecule has 2 fully saturated rings. The molecule has 248 valence electrons. The molecular weight excluding hydrogens is 596 g/mol. The molecule has 2 aromatic heterocycles. The van der Waals surface area contributed by atoms with Gasteiger partial charge >= 0.3 is 6.03 Å². The predicted molar refractivity (Wildman–Crippen MR) is 193 cm³/mol. The SMILES string of the molecule is Cc1ccc(-n2nc(C(C)(C)C)cc2NC(=O)Nc2ccc(CC3CC4CCC(C3)N4C(=O)Cc3c(C)[nH]c4ccccc34)cc2)cc1. The van der Waals surface area contributed by atoms with Crippen LogP contribution in [0.4, 0.5) is 16.3 Å². The van der Waals surface area contributed by atoms with Crippen LogP contribution in [0.3, 0.4) is 0 Å². The summed E-state index contributed by atoms with van der Waals surface area (Å²) in [6, 6.07) is 26.8. The summed E-state index contributed by atoms with van der Waals surface area (Å²) in [5.74, 6) is 1.43. The first kappa shape index (κ1) is 31.7. The number of anilines is 2. The fraction of sp³-hybridized carbons (Fsp3) is 0.375. The number of para-hydroxylation sites is 1. The lowest BCUT2D eigenvalue weighted by atomic mass is 9.85. The van der Waals surface area contributed by atoms with Crippen molar-refractivity contribution in [3.8, 4) is 5.69 Å². The summed E-state index contributed by atoms with van der Waals surface area (Å²) >= 11 is 0. The van der Waals surface area contributed by atoms with Gasteiger partial charge in [-0.05, 0) is 93.3 Å². The third-order valence-corrected chi connectivity index (χ3v) is 10.2. The highest BCUT2D eigenvalue weighted by atomic mass is 16.2. The van der Waals surface area contributed by atoms with E-state index >= 15 is 0 Å². The Labute approximate surface area is 282 Å². The largest absolute Gasteiger partial charge is 0.358 e. The fourth-order valence-electron chi connectivity index (χ4n) is 7.72. The maximum absolute atomic E-state index is 13.6. The normalized spacial score (nSPS) is 19.1. The van der Waals surface area contributed by atoms with Gasteiger partial charge in [0.2, 0.25) is 5.91 Å². The Bertz CT molecular complexity index is 1930. The van der Waals surface area contributed by atoms with Crippen LogP contribution in [0.15, 0.2) is 78.9 Å². The molecule has 0 spiro atoms. The predicted octanol–water partition coefficient (Wildman–Crippen LogP) is 8.47. The van der Waals surface area contributed by atoms with Crippen molar-refractivity contribution < 1.29 is 9.59 Å². The molecule has 2 atom stereocenters. The Morgan fingerprint density at radius 2 is 1.58 bits per heavy atom. The van der Waals surface area contributed by atoms with Crippen LogP contribution >= 0.6 is 0 Å². The minimum Gasteiger partial charge on any atom is -0.358 e. The molecule has 2 saturated heterocycles. The molecule has 4 heterocycles. The number of aromatic nitrogens is 3. The molecule has 5 aromatic rings. The van der Waals surface area contributed by atoms with E-state index < -0.39 is 0 Å². The third-order valence-electron chi connectivity index (χ3n) is 10.2. The van der Waals surface area contributed by atoms with Gasteiger partial charge in [0.1, 0.15) is 5.82 Å². The molecule has 3 amide bonds. The van der Waals surface area contributed by atoms with E-state index in [-0.39, 0.29) is 17.4 Å². The van der Waals surface area contributed by atoms with Crippen LogP contribution in [-0.4, -0.2) is 43.7 Å². The van der Waals surface area contributed by atoms with E-state index in [0.717, 1.165) is 76.9 Å². The van der Waals surface area contributed by atoms with Crippen LogP contribution in [0.25, 0.3) is 16.6 Å². The highest BCUT2D eigenvalue weighted by molar-refractivity contribution is 5.99. The number of piperidine rings is 1. The number of aryl methyl sites for hydroxylation is 2. The maximum Gasteiger partial charge on any atom is 0.324 e. The minimum absolute atomic E-state index is 0.165. The summed E-state index contributed by atoms with van der Waals surface area (Å²) in [6.45, 7) is 10.5. The van der Waals surface area contributed by atoms with Gasteiger partial charge in [0, 0.05) is 45.8 Å². The van der Waals surface area contributed by atoms with Gasteiger partial charge in [-0.2, -0.15) is 5.10 Å². The van der Waals surface area contributed by atoms with Crippen LogP contribution < -0.4 is 10.6 Å². The van der Waals surface area contributed by atoms with Gasteiger partial charge in [0.25, 0.3) is 0 Å². The molecule has 0 saturated carbocycles. The van der Waals surface area contributed by atoms with Crippen molar-refractivity contribution in [2.24, 2.45) is 5.92 Å². The highest BCUT2D eigenvalue weighted by Crippen LogP contribution is 2.41. The zero-order valence-electron chi connectivity index (χ0n) is 28.6. The number of nitrogens with one attached hydrogen (secondary N) is 3. The van der Waals surface area contributed by atoms with Crippen molar-refractivity contribution >= 4 is 34.3 Å². The molecule has 0 radical (unpaired) electrons. The summed E-state index contributed by atoms with van der Waals surface area (Å²) in [7, 11) is 0. The van der Waals surface area contributed by atoms with Gasteiger partial charge in [0.15, 0.2) is 0 Å². The molecule has 3 aromatic carbocycles. The summed E-state index contributed by atoms with van der Waals surface area (Å²) in [6.07, 6.45) is 5.72. The minimum atomic E-state index is -0.312. The number of nitrogens with zero attached hydrogens (tertiary/aromatic N) is 3. The third kappa shape index (κ3) is 6.48. The van der Waals surface area contributed by atoms with E-state index in [1.807, 2.05) is 54.6 Å². The maximum atomic E-state index is 13.6. The number of hydrogen-bond donors (Lipinski definition) is 3. The van der Waals surface area contributed by atoms with E-state index in [0.29, 0.717) is 30.2 Å².